The van der Waals surface area contributed by atoms with Crippen LogP contribution in [0.3, 0.4) is 0 Å². The van der Waals surface area contributed by atoms with E-state index in [-0.39, 0.29) is 11.4 Å². The van der Waals surface area contributed by atoms with Crippen LogP contribution < -0.4 is 5.73 Å². The van der Waals surface area contributed by atoms with Gasteiger partial charge in [0.05, 0.1) is 6.61 Å². The number of esters is 1. The average molecular weight is 243 g/mol. The summed E-state index contributed by atoms with van der Waals surface area (Å²) in [5, 5.41) is 0. The number of hydrogen-bond donors (Lipinski definition) is 1. The molecule has 0 heterocycles. The first-order valence-electron chi connectivity index (χ1n) is 6.63. The lowest BCUT2D eigenvalue weighted by atomic mass is 9.76. The van der Waals surface area contributed by atoms with Crippen LogP contribution in [0.4, 0.5) is 0 Å². The van der Waals surface area contributed by atoms with Crippen molar-refractivity contribution in [2.24, 2.45) is 23.0 Å². The van der Waals surface area contributed by atoms with Crippen LogP contribution in [-0.2, 0) is 9.53 Å². The number of carbonyl (C=O) groups excluding carboxylic acids is 1. The van der Waals surface area contributed by atoms with E-state index in [0.29, 0.717) is 31.4 Å². The Morgan fingerprint density at radius 1 is 1.24 bits per heavy atom. The average Bonchev–Trinajstić information content (AvgIpc) is 2.19. The smallest absolute Gasteiger partial charge is 0.305 e. The Kier molecular flexibility index (Phi) is 7.44. The summed E-state index contributed by atoms with van der Waals surface area (Å²) in [5.41, 5.74) is 5.82. The van der Waals surface area contributed by atoms with Gasteiger partial charge in [0, 0.05) is 6.42 Å². The van der Waals surface area contributed by atoms with Crippen molar-refractivity contribution in [2.45, 2.75) is 53.9 Å². The Bertz CT molecular complexity index is 219. The van der Waals surface area contributed by atoms with E-state index in [4.69, 9.17) is 10.5 Å². The summed E-state index contributed by atoms with van der Waals surface area (Å²) in [6.07, 6.45) is 2.35. The molecule has 102 valence electrons. The number of carbonyl (C=O) groups is 1. The molecule has 0 saturated carbocycles. The molecule has 0 saturated heterocycles. The van der Waals surface area contributed by atoms with Gasteiger partial charge >= 0.3 is 5.97 Å². The number of hydrogen-bond acceptors (Lipinski definition) is 3. The van der Waals surface area contributed by atoms with Gasteiger partial charge in [-0.1, -0.05) is 34.6 Å². The van der Waals surface area contributed by atoms with Gasteiger partial charge in [-0.25, -0.2) is 0 Å². The van der Waals surface area contributed by atoms with Crippen molar-refractivity contribution in [3.05, 3.63) is 0 Å². The molecule has 0 radical (unpaired) electrons. The van der Waals surface area contributed by atoms with Gasteiger partial charge in [0.15, 0.2) is 0 Å². The molecule has 0 aliphatic heterocycles. The molecule has 17 heavy (non-hydrogen) atoms. The Labute approximate surface area is 106 Å². The standard InChI is InChI=1S/C14H29NO2/c1-11(2)10-17-13(16)7-6-12(8-9-15)14(3,4)5/h11-12H,6-10,15H2,1-5H3. The second kappa shape index (κ2) is 7.70. The maximum atomic E-state index is 11.5. The van der Waals surface area contributed by atoms with Gasteiger partial charge in [0.2, 0.25) is 0 Å². The van der Waals surface area contributed by atoms with E-state index >= 15 is 0 Å². The molecule has 0 bridgehead atoms. The minimum Gasteiger partial charge on any atom is -0.465 e. The monoisotopic (exact) mass is 243 g/mol. The summed E-state index contributed by atoms with van der Waals surface area (Å²) >= 11 is 0. The predicted octanol–water partition coefficient (Wildman–Crippen LogP) is 2.98. The summed E-state index contributed by atoms with van der Waals surface area (Å²) in [5.74, 6) is 0.811. The quantitative estimate of drug-likeness (QED) is 0.699. The van der Waals surface area contributed by atoms with Crippen LogP contribution in [-0.4, -0.2) is 19.1 Å². The first-order valence-corrected chi connectivity index (χ1v) is 6.63. The SMILES string of the molecule is CC(C)COC(=O)CCC(CCN)C(C)(C)C. The van der Waals surface area contributed by atoms with Crippen molar-refractivity contribution in [2.75, 3.05) is 13.2 Å². The second-order valence-corrected chi connectivity index (χ2v) is 6.26. The van der Waals surface area contributed by atoms with Gasteiger partial charge in [-0.2, -0.15) is 0 Å². The van der Waals surface area contributed by atoms with Crippen LogP contribution in [0, 0.1) is 17.3 Å². The van der Waals surface area contributed by atoms with Gasteiger partial charge in [0.1, 0.15) is 0 Å². The summed E-state index contributed by atoms with van der Waals surface area (Å²) < 4.78 is 5.17. The Balaban J connectivity index is 4.00. The highest BCUT2D eigenvalue weighted by molar-refractivity contribution is 5.69. The lowest BCUT2D eigenvalue weighted by molar-refractivity contribution is -0.145. The molecule has 0 aromatic carbocycles. The fourth-order valence-electron chi connectivity index (χ4n) is 1.84. The zero-order valence-electron chi connectivity index (χ0n) is 12.1. The maximum Gasteiger partial charge on any atom is 0.305 e. The van der Waals surface area contributed by atoms with Crippen LogP contribution >= 0.6 is 0 Å². The van der Waals surface area contributed by atoms with Crippen molar-refractivity contribution in [1.82, 2.24) is 0 Å². The fraction of sp³-hybridized carbons (Fsp3) is 0.929. The molecule has 0 aliphatic rings. The molecule has 0 rings (SSSR count). The minimum atomic E-state index is -0.0787. The lowest BCUT2D eigenvalue weighted by Gasteiger charge is -2.30. The van der Waals surface area contributed by atoms with E-state index in [1.54, 1.807) is 0 Å². The Morgan fingerprint density at radius 3 is 2.24 bits per heavy atom. The van der Waals surface area contributed by atoms with E-state index < -0.39 is 0 Å². The Hall–Kier alpha value is -0.570. The first kappa shape index (κ1) is 16.4. The van der Waals surface area contributed by atoms with E-state index in [2.05, 4.69) is 20.8 Å². The number of ether oxygens (including phenoxy) is 1. The molecular formula is C14H29NO2. The summed E-state index contributed by atoms with van der Waals surface area (Å²) in [6.45, 7) is 11.9. The van der Waals surface area contributed by atoms with Crippen LogP contribution in [0.15, 0.2) is 0 Å². The van der Waals surface area contributed by atoms with E-state index in [0.717, 1.165) is 12.8 Å². The van der Waals surface area contributed by atoms with Gasteiger partial charge in [-0.3, -0.25) is 4.79 Å². The van der Waals surface area contributed by atoms with E-state index in [9.17, 15) is 4.79 Å². The predicted molar refractivity (Wildman–Crippen MR) is 71.6 cm³/mol. The van der Waals surface area contributed by atoms with Crippen LogP contribution in [0.2, 0.25) is 0 Å². The molecule has 3 heteroatoms. The molecule has 1 unspecified atom stereocenters. The molecule has 0 amide bonds. The number of nitrogens with two attached hydrogens (primary N) is 1. The van der Waals surface area contributed by atoms with Gasteiger partial charge in [0.25, 0.3) is 0 Å². The Morgan fingerprint density at radius 2 is 1.82 bits per heavy atom. The zero-order valence-corrected chi connectivity index (χ0v) is 12.1. The number of rotatable bonds is 7. The topological polar surface area (TPSA) is 52.3 Å². The molecule has 0 spiro atoms. The minimum absolute atomic E-state index is 0.0787. The van der Waals surface area contributed by atoms with Crippen molar-refractivity contribution in [3.8, 4) is 0 Å². The highest BCUT2D eigenvalue weighted by Gasteiger charge is 2.24. The summed E-state index contributed by atoms with van der Waals surface area (Å²) in [4.78, 5) is 11.5. The van der Waals surface area contributed by atoms with Crippen molar-refractivity contribution in [1.29, 1.82) is 0 Å². The molecule has 0 aliphatic carbocycles. The second-order valence-electron chi connectivity index (χ2n) is 6.26. The van der Waals surface area contributed by atoms with Crippen molar-refractivity contribution in [3.63, 3.8) is 0 Å². The molecule has 3 nitrogen and oxygen atoms in total. The van der Waals surface area contributed by atoms with E-state index in [1.807, 2.05) is 13.8 Å². The van der Waals surface area contributed by atoms with E-state index in [1.165, 1.54) is 0 Å². The molecular weight excluding hydrogens is 214 g/mol. The normalized spacial score (nSPS) is 13.8. The summed E-state index contributed by atoms with van der Waals surface area (Å²) in [6, 6.07) is 0. The first-order chi connectivity index (χ1) is 7.77. The third kappa shape index (κ3) is 8.19. The van der Waals surface area contributed by atoms with Crippen molar-refractivity contribution >= 4 is 5.97 Å². The fourth-order valence-corrected chi connectivity index (χ4v) is 1.84. The van der Waals surface area contributed by atoms with Crippen molar-refractivity contribution < 1.29 is 9.53 Å². The molecule has 0 fully saturated rings. The molecule has 0 aromatic heterocycles. The zero-order chi connectivity index (χ0) is 13.5. The van der Waals surface area contributed by atoms with Gasteiger partial charge in [-0.15, -0.1) is 0 Å². The van der Waals surface area contributed by atoms with Crippen LogP contribution in [0.1, 0.15) is 53.9 Å². The summed E-state index contributed by atoms with van der Waals surface area (Å²) in [7, 11) is 0. The molecule has 0 aromatic rings. The molecule has 2 N–H and O–H groups in total. The van der Waals surface area contributed by atoms with Crippen LogP contribution in [0.25, 0.3) is 0 Å². The maximum absolute atomic E-state index is 11.5. The van der Waals surface area contributed by atoms with Crippen LogP contribution in [0.5, 0.6) is 0 Å². The van der Waals surface area contributed by atoms with Gasteiger partial charge in [-0.05, 0) is 36.6 Å². The largest absolute Gasteiger partial charge is 0.465 e. The third-order valence-corrected chi connectivity index (χ3v) is 3.01. The highest BCUT2D eigenvalue weighted by Crippen LogP contribution is 2.32. The highest BCUT2D eigenvalue weighted by atomic mass is 16.5. The third-order valence-electron chi connectivity index (χ3n) is 3.01. The van der Waals surface area contributed by atoms with Gasteiger partial charge < -0.3 is 10.5 Å². The molecule has 1 atom stereocenters. The lowest BCUT2D eigenvalue weighted by Crippen LogP contribution is -2.24.